The number of hydrogen-bond acceptors (Lipinski definition) is 6. The molecule has 11 heteroatoms. The number of anilines is 2. The lowest BCUT2D eigenvalue weighted by Crippen LogP contribution is -2.38. The predicted molar refractivity (Wildman–Crippen MR) is 128 cm³/mol. The molecule has 3 aliphatic rings. The topological polar surface area (TPSA) is 91.8 Å². The summed E-state index contributed by atoms with van der Waals surface area (Å²) >= 11 is 0. The number of benzene rings is 1. The number of nitrogens with zero attached hydrogens (tertiary/aromatic N) is 3. The summed E-state index contributed by atoms with van der Waals surface area (Å²) in [5.74, 6) is -0.819. The summed E-state index contributed by atoms with van der Waals surface area (Å²) in [7, 11) is 0. The van der Waals surface area contributed by atoms with Crippen LogP contribution in [0.5, 0.6) is 0 Å². The van der Waals surface area contributed by atoms with Crippen LogP contribution in [0.15, 0.2) is 30.3 Å². The third kappa shape index (κ3) is 5.18. The molecule has 3 heterocycles. The molecule has 0 unspecified atom stereocenters. The highest BCUT2D eigenvalue weighted by Gasteiger charge is 2.37. The number of pyridine rings is 1. The summed E-state index contributed by atoms with van der Waals surface area (Å²) in [5.41, 5.74) is 0.813. The minimum absolute atomic E-state index is 0.0373. The second kappa shape index (κ2) is 10.1. The van der Waals surface area contributed by atoms with Crippen molar-refractivity contribution in [3.05, 3.63) is 52.8 Å². The Bertz CT molecular complexity index is 1200. The van der Waals surface area contributed by atoms with E-state index >= 15 is 0 Å². The zero-order valence-electron chi connectivity index (χ0n) is 20.1. The molecule has 0 radical (unpaired) electrons. The molecule has 1 aliphatic carbocycles. The van der Waals surface area contributed by atoms with Crippen molar-refractivity contribution in [1.82, 2.24) is 9.88 Å². The number of rotatable bonds is 5. The van der Waals surface area contributed by atoms with Gasteiger partial charge in [-0.1, -0.05) is 6.07 Å². The van der Waals surface area contributed by atoms with Crippen LogP contribution >= 0.6 is 0 Å². The quantitative estimate of drug-likeness (QED) is 0.607. The fourth-order valence-electron chi connectivity index (χ4n) is 5.29. The highest BCUT2D eigenvalue weighted by Crippen LogP contribution is 2.38. The Morgan fingerprint density at radius 1 is 1.11 bits per heavy atom. The number of aldehydes is 1. The van der Waals surface area contributed by atoms with Crippen molar-refractivity contribution in [3.8, 4) is 0 Å². The first-order valence-corrected chi connectivity index (χ1v) is 12.4. The van der Waals surface area contributed by atoms with E-state index in [1.54, 1.807) is 12.1 Å². The summed E-state index contributed by atoms with van der Waals surface area (Å²) in [5, 5.41) is 2.74. The van der Waals surface area contributed by atoms with Crippen molar-refractivity contribution < 1.29 is 32.3 Å². The van der Waals surface area contributed by atoms with E-state index in [9.17, 15) is 27.6 Å². The number of fused-ring (bicyclic) bond motifs is 1. The number of alkyl halides is 3. The third-order valence-electron chi connectivity index (χ3n) is 7.30. The smallest absolute Gasteiger partial charge is 0.378 e. The maximum atomic E-state index is 13.4. The zero-order valence-corrected chi connectivity index (χ0v) is 20.1. The van der Waals surface area contributed by atoms with Crippen LogP contribution in [0.25, 0.3) is 0 Å². The highest BCUT2D eigenvalue weighted by molar-refractivity contribution is 6.07. The van der Waals surface area contributed by atoms with E-state index in [2.05, 4.69) is 10.3 Å². The van der Waals surface area contributed by atoms with E-state index in [-0.39, 0.29) is 23.6 Å². The van der Waals surface area contributed by atoms with Crippen LogP contribution in [0.2, 0.25) is 0 Å². The first-order chi connectivity index (χ1) is 17.7. The predicted octanol–water partition coefficient (Wildman–Crippen LogP) is 3.90. The number of carbonyl (C=O) groups excluding carboxylic acids is 3. The molecule has 2 aromatic rings. The molecule has 1 aromatic carbocycles. The van der Waals surface area contributed by atoms with Gasteiger partial charge >= 0.3 is 6.18 Å². The van der Waals surface area contributed by atoms with E-state index in [4.69, 9.17) is 4.74 Å². The Hall–Kier alpha value is -3.47. The molecule has 0 atom stereocenters. The Balaban J connectivity index is 1.43. The molecule has 1 saturated heterocycles. The highest BCUT2D eigenvalue weighted by atomic mass is 19.4. The number of morpholine rings is 1. The second-order valence-electron chi connectivity index (χ2n) is 9.62. The second-order valence-corrected chi connectivity index (χ2v) is 9.62. The van der Waals surface area contributed by atoms with E-state index < -0.39 is 17.8 Å². The average molecular weight is 517 g/mol. The zero-order chi connectivity index (χ0) is 26.2. The van der Waals surface area contributed by atoms with E-state index in [1.807, 2.05) is 9.80 Å². The molecule has 0 spiro atoms. The standard InChI is InChI=1S/C26H27F3N4O4/c27-26(28,29)23-3-1-2-20(30-23)24(35)31-21-12-17-14-33(18-6-4-16(15-34)5-7-18)25(36)19(17)13-22(21)32-8-10-37-11-9-32/h1-3,12-13,15-16,18H,4-11,14H2,(H,31,35). The lowest BCUT2D eigenvalue weighted by Gasteiger charge is -2.33. The van der Waals surface area contributed by atoms with Gasteiger partial charge in [-0.3, -0.25) is 9.59 Å². The van der Waals surface area contributed by atoms with Crippen LogP contribution in [0.3, 0.4) is 0 Å². The molecular weight excluding hydrogens is 489 g/mol. The molecule has 8 nitrogen and oxygen atoms in total. The lowest BCUT2D eigenvalue weighted by atomic mass is 9.86. The van der Waals surface area contributed by atoms with Crippen LogP contribution in [0.4, 0.5) is 24.5 Å². The molecule has 1 N–H and O–H groups in total. The summed E-state index contributed by atoms with van der Waals surface area (Å²) in [6.45, 7) is 2.40. The SMILES string of the molecule is O=CC1CCC(N2Cc3cc(NC(=O)c4cccc(C(F)(F)F)n4)c(N4CCOCC4)cc3C2=O)CC1. The van der Waals surface area contributed by atoms with Crippen molar-refractivity contribution in [2.24, 2.45) is 5.92 Å². The Morgan fingerprint density at radius 2 is 1.84 bits per heavy atom. The number of halogens is 3. The molecule has 2 amide bonds. The van der Waals surface area contributed by atoms with Gasteiger partial charge in [0, 0.05) is 37.2 Å². The van der Waals surface area contributed by atoms with Gasteiger partial charge in [-0.15, -0.1) is 0 Å². The molecule has 2 fully saturated rings. The molecule has 1 saturated carbocycles. The van der Waals surface area contributed by atoms with Gasteiger partial charge < -0.3 is 24.6 Å². The fourth-order valence-corrected chi connectivity index (χ4v) is 5.29. The van der Waals surface area contributed by atoms with E-state index in [1.165, 1.54) is 6.07 Å². The number of carbonyl (C=O) groups is 3. The number of nitrogens with one attached hydrogen (secondary N) is 1. The summed E-state index contributed by atoms with van der Waals surface area (Å²) in [6.07, 6.45) is -0.678. The number of amides is 2. The molecule has 37 heavy (non-hydrogen) atoms. The fraction of sp³-hybridized carbons (Fsp3) is 0.462. The van der Waals surface area contributed by atoms with Crippen molar-refractivity contribution in [2.75, 3.05) is 36.5 Å². The van der Waals surface area contributed by atoms with Crippen LogP contribution in [0.1, 0.15) is 57.8 Å². The number of hydrogen-bond donors (Lipinski definition) is 1. The van der Waals surface area contributed by atoms with Crippen LogP contribution < -0.4 is 10.2 Å². The van der Waals surface area contributed by atoms with Crippen molar-refractivity contribution in [1.29, 1.82) is 0 Å². The monoisotopic (exact) mass is 516 g/mol. The van der Waals surface area contributed by atoms with E-state index in [0.29, 0.717) is 49.8 Å². The first kappa shape index (κ1) is 25.2. The summed E-state index contributed by atoms with van der Waals surface area (Å²) < 4.78 is 44.8. The van der Waals surface area contributed by atoms with Crippen LogP contribution in [0, 0.1) is 5.92 Å². The molecular formula is C26H27F3N4O4. The molecule has 0 bridgehead atoms. The van der Waals surface area contributed by atoms with Gasteiger partial charge in [-0.25, -0.2) is 4.98 Å². The van der Waals surface area contributed by atoms with Gasteiger partial charge in [0.05, 0.1) is 24.6 Å². The number of ether oxygens (including phenoxy) is 1. The van der Waals surface area contributed by atoms with Crippen LogP contribution in [-0.2, 0) is 22.3 Å². The van der Waals surface area contributed by atoms with Gasteiger partial charge in [-0.2, -0.15) is 13.2 Å². The van der Waals surface area contributed by atoms with Crippen molar-refractivity contribution in [2.45, 2.75) is 44.4 Å². The van der Waals surface area contributed by atoms with Gasteiger partial charge in [0.15, 0.2) is 0 Å². The summed E-state index contributed by atoms with van der Waals surface area (Å²) in [6, 6.07) is 6.72. The maximum Gasteiger partial charge on any atom is 0.433 e. The van der Waals surface area contributed by atoms with Gasteiger partial charge in [0.2, 0.25) is 0 Å². The number of aromatic nitrogens is 1. The van der Waals surface area contributed by atoms with E-state index in [0.717, 1.165) is 49.7 Å². The van der Waals surface area contributed by atoms with Gasteiger partial charge in [-0.05, 0) is 55.5 Å². The molecule has 1 aromatic heterocycles. The molecule has 5 rings (SSSR count). The minimum Gasteiger partial charge on any atom is -0.378 e. The Kier molecular flexibility index (Phi) is 6.89. The van der Waals surface area contributed by atoms with Crippen molar-refractivity contribution in [3.63, 3.8) is 0 Å². The maximum absolute atomic E-state index is 13.4. The van der Waals surface area contributed by atoms with Gasteiger partial charge in [0.1, 0.15) is 17.7 Å². The summed E-state index contributed by atoms with van der Waals surface area (Å²) in [4.78, 5) is 44.8. The van der Waals surface area contributed by atoms with Crippen molar-refractivity contribution >= 4 is 29.5 Å². The minimum atomic E-state index is -4.67. The third-order valence-corrected chi connectivity index (χ3v) is 7.30. The average Bonchev–Trinajstić information content (AvgIpc) is 3.23. The molecule has 2 aliphatic heterocycles. The normalized spacial score (nSPS) is 22.1. The Morgan fingerprint density at radius 3 is 2.51 bits per heavy atom. The largest absolute Gasteiger partial charge is 0.433 e. The Labute approximate surface area is 211 Å². The first-order valence-electron chi connectivity index (χ1n) is 12.4. The lowest BCUT2D eigenvalue weighted by molar-refractivity contribution is -0.141. The van der Waals surface area contributed by atoms with Crippen LogP contribution in [-0.4, -0.2) is 60.3 Å². The van der Waals surface area contributed by atoms with Gasteiger partial charge in [0.25, 0.3) is 11.8 Å². The molecule has 196 valence electrons.